The van der Waals surface area contributed by atoms with Crippen LogP contribution in [0.15, 0.2) is 12.1 Å². The highest BCUT2D eigenvalue weighted by Gasteiger charge is 2.22. The van der Waals surface area contributed by atoms with Crippen molar-refractivity contribution in [3.8, 4) is 0 Å². The first-order valence-corrected chi connectivity index (χ1v) is 8.19. The average Bonchev–Trinajstić information content (AvgIpc) is 2.48. The third-order valence-corrected chi connectivity index (χ3v) is 4.27. The second kappa shape index (κ2) is 7.64. The van der Waals surface area contributed by atoms with Crippen LogP contribution in [-0.2, 0) is 0 Å². The van der Waals surface area contributed by atoms with Crippen LogP contribution in [0.4, 0.5) is 5.82 Å². The van der Waals surface area contributed by atoms with E-state index in [0.29, 0.717) is 16.5 Å². The van der Waals surface area contributed by atoms with Gasteiger partial charge in [0.2, 0.25) is 0 Å². The summed E-state index contributed by atoms with van der Waals surface area (Å²) in [5, 5.41) is 6.64. The van der Waals surface area contributed by atoms with E-state index in [4.69, 9.17) is 11.6 Å². The van der Waals surface area contributed by atoms with E-state index in [0.717, 1.165) is 31.7 Å². The summed E-state index contributed by atoms with van der Waals surface area (Å²) in [7, 11) is 0. The minimum Gasteiger partial charge on any atom is -0.370 e. The molecular formula is C16H24ClN3O. The summed E-state index contributed by atoms with van der Waals surface area (Å²) >= 11 is 6.11. The first kappa shape index (κ1) is 16.1. The molecule has 0 bridgehead atoms. The van der Waals surface area contributed by atoms with E-state index in [1.165, 1.54) is 12.8 Å². The molecule has 5 heteroatoms. The highest BCUT2D eigenvalue weighted by atomic mass is 35.5. The Labute approximate surface area is 131 Å². The molecule has 1 aliphatic carbocycles. The molecule has 0 radical (unpaired) electrons. The smallest absolute Gasteiger partial charge is 0.271 e. The van der Waals surface area contributed by atoms with Crippen LogP contribution in [-0.4, -0.2) is 23.5 Å². The Morgan fingerprint density at radius 1 is 1.33 bits per heavy atom. The molecule has 1 amide bonds. The van der Waals surface area contributed by atoms with Crippen molar-refractivity contribution in [1.82, 2.24) is 10.3 Å². The monoisotopic (exact) mass is 309 g/mol. The van der Waals surface area contributed by atoms with Crippen molar-refractivity contribution in [1.29, 1.82) is 0 Å². The summed E-state index contributed by atoms with van der Waals surface area (Å²) in [5.41, 5.74) is 0.316. The summed E-state index contributed by atoms with van der Waals surface area (Å²) in [6.07, 6.45) is 5.43. The van der Waals surface area contributed by atoms with E-state index in [1.807, 2.05) is 0 Å². The molecule has 1 heterocycles. The third kappa shape index (κ3) is 4.60. The van der Waals surface area contributed by atoms with Crippen molar-refractivity contribution in [2.24, 2.45) is 5.92 Å². The molecule has 0 atom stereocenters. The maximum Gasteiger partial charge on any atom is 0.271 e. The molecule has 2 N–H and O–H groups in total. The van der Waals surface area contributed by atoms with Gasteiger partial charge in [0.1, 0.15) is 11.5 Å². The van der Waals surface area contributed by atoms with Crippen molar-refractivity contribution in [2.45, 2.75) is 52.0 Å². The Kier molecular flexibility index (Phi) is 5.85. The van der Waals surface area contributed by atoms with E-state index in [2.05, 4.69) is 29.5 Å². The maximum atomic E-state index is 12.4. The molecule has 0 spiro atoms. The second-order valence-corrected chi connectivity index (χ2v) is 6.29. The molecule has 116 valence electrons. The number of nitrogens with zero attached hydrogens (tertiary/aromatic N) is 1. The number of aromatic nitrogens is 1. The Morgan fingerprint density at radius 3 is 2.71 bits per heavy atom. The van der Waals surface area contributed by atoms with E-state index in [9.17, 15) is 4.79 Å². The highest BCUT2D eigenvalue weighted by molar-refractivity contribution is 6.33. The molecule has 0 unspecified atom stereocenters. The number of carbonyl (C=O) groups is 1. The zero-order chi connectivity index (χ0) is 15.2. The summed E-state index contributed by atoms with van der Waals surface area (Å²) in [6, 6.07) is 3.78. The molecule has 2 rings (SSSR count). The van der Waals surface area contributed by atoms with Gasteiger partial charge in [0.15, 0.2) is 0 Å². The van der Waals surface area contributed by atoms with Gasteiger partial charge in [-0.25, -0.2) is 4.98 Å². The molecule has 0 aliphatic heterocycles. The van der Waals surface area contributed by atoms with E-state index in [-0.39, 0.29) is 11.9 Å². The first-order valence-electron chi connectivity index (χ1n) is 7.81. The number of rotatable bonds is 5. The lowest BCUT2D eigenvalue weighted by molar-refractivity contribution is 0.0918. The van der Waals surface area contributed by atoms with Crippen molar-refractivity contribution in [3.05, 3.63) is 22.8 Å². The van der Waals surface area contributed by atoms with Crippen LogP contribution in [0, 0.1) is 5.92 Å². The molecular weight excluding hydrogens is 286 g/mol. The summed E-state index contributed by atoms with van der Waals surface area (Å²) in [4.78, 5) is 16.7. The van der Waals surface area contributed by atoms with Crippen molar-refractivity contribution < 1.29 is 4.79 Å². The lowest BCUT2D eigenvalue weighted by Crippen LogP contribution is -2.37. The average molecular weight is 310 g/mol. The summed E-state index contributed by atoms with van der Waals surface area (Å²) in [6.45, 7) is 5.18. The number of nitrogens with one attached hydrogen (secondary N) is 2. The maximum absolute atomic E-state index is 12.4. The SMILES string of the molecule is CCCNc1ccc(Cl)c(C(=O)NC2CCC(C)CC2)n1. The van der Waals surface area contributed by atoms with E-state index < -0.39 is 0 Å². The first-order chi connectivity index (χ1) is 10.1. The van der Waals surface area contributed by atoms with Gasteiger partial charge in [-0.1, -0.05) is 25.4 Å². The number of hydrogen-bond acceptors (Lipinski definition) is 3. The summed E-state index contributed by atoms with van der Waals surface area (Å²) < 4.78 is 0. The fourth-order valence-corrected chi connectivity index (χ4v) is 2.80. The Bertz CT molecular complexity index is 484. The van der Waals surface area contributed by atoms with Gasteiger partial charge in [-0.05, 0) is 50.2 Å². The largest absolute Gasteiger partial charge is 0.370 e. The zero-order valence-electron chi connectivity index (χ0n) is 12.8. The number of carbonyl (C=O) groups excluding carboxylic acids is 1. The van der Waals surface area contributed by atoms with Crippen LogP contribution in [0.5, 0.6) is 0 Å². The van der Waals surface area contributed by atoms with E-state index in [1.54, 1.807) is 12.1 Å². The fourth-order valence-electron chi connectivity index (χ4n) is 2.61. The number of amides is 1. The highest BCUT2D eigenvalue weighted by Crippen LogP contribution is 2.24. The van der Waals surface area contributed by atoms with Crippen LogP contribution in [0.3, 0.4) is 0 Å². The van der Waals surface area contributed by atoms with Gasteiger partial charge >= 0.3 is 0 Å². The Morgan fingerprint density at radius 2 is 2.05 bits per heavy atom. The van der Waals surface area contributed by atoms with Crippen molar-refractivity contribution in [3.63, 3.8) is 0 Å². The van der Waals surface area contributed by atoms with Crippen LogP contribution < -0.4 is 10.6 Å². The lowest BCUT2D eigenvalue weighted by atomic mass is 9.87. The number of anilines is 1. The quantitative estimate of drug-likeness (QED) is 0.868. The van der Waals surface area contributed by atoms with Gasteiger partial charge in [0.25, 0.3) is 5.91 Å². The van der Waals surface area contributed by atoms with Crippen molar-refractivity contribution in [2.75, 3.05) is 11.9 Å². The fraction of sp³-hybridized carbons (Fsp3) is 0.625. The minimum atomic E-state index is -0.167. The molecule has 1 aliphatic rings. The van der Waals surface area contributed by atoms with Gasteiger partial charge in [0, 0.05) is 12.6 Å². The summed E-state index contributed by atoms with van der Waals surface area (Å²) in [5.74, 6) is 1.30. The third-order valence-electron chi connectivity index (χ3n) is 3.97. The van der Waals surface area contributed by atoms with Crippen molar-refractivity contribution >= 4 is 23.3 Å². The molecule has 1 aromatic heterocycles. The van der Waals surface area contributed by atoms with Gasteiger partial charge in [-0.3, -0.25) is 4.79 Å². The molecule has 1 saturated carbocycles. The molecule has 1 fully saturated rings. The van der Waals surface area contributed by atoms with Gasteiger partial charge in [0.05, 0.1) is 5.02 Å². The molecule has 4 nitrogen and oxygen atoms in total. The minimum absolute atomic E-state index is 0.167. The van der Waals surface area contributed by atoms with Gasteiger partial charge in [-0.15, -0.1) is 0 Å². The lowest BCUT2D eigenvalue weighted by Gasteiger charge is -2.26. The van der Waals surface area contributed by atoms with Crippen LogP contribution in [0.1, 0.15) is 56.4 Å². The predicted octanol–water partition coefficient (Wildman–Crippen LogP) is 3.87. The van der Waals surface area contributed by atoms with E-state index >= 15 is 0 Å². The van der Waals surface area contributed by atoms with Crippen LogP contribution in [0.2, 0.25) is 5.02 Å². The standard InChI is InChI=1S/C16H24ClN3O/c1-3-10-18-14-9-8-13(17)15(20-14)16(21)19-12-6-4-11(2)5-7-12/h8-9,11-12H,3-7,10H2,1-2H3,(H,18,20)(H,19,21). The second-order valence-electron chi connectivity index (χ2n) is 5.88. The Balaban J connectivity index is 2.00. The molecule has 1 aromatic rings. The topological polar surface area (TPSA) is 54.0 Å². The number of pyridine rings is 1. The zero-order valence-corrected chi connectivity index (χ0v) is 13.5. The van der Waals surface area contributed by atoms with Gasteiger partial charge in [-0.2, -0.15) is 0 Å². The molecule has 21 heavy (non-hydrogen) atoms. The molecule has 0 aromatic carbocycles. The Hall–Kier alpha value is -1.29. The van der Waals surface area contributed by atoms with Crippen LogP contribution in [0.25, 0.3) is 0 Å². The normalized spacial score (nSPS) is 21.9. The number of halogens is 1. The predicted molar refractivity (Wildman–Crippen MR) is 86.9 cm³/mol. The van der Waals surface area contributed by atoms with Crippen LogP contribution >= 0.6 is 11.6 Å². The molecule has 0 saturated heterocycles. The van der Waals surface area contributed by atoms with Gasteiger partial charge < -0.3 is 10.6 Å². The number of hydrogen-bond donors (Lipinski definition) is 2.